The molecule has 92 valence electrons. The second kappa shape index (κ2) is 6.39. The molecular formula is C12H15BrN2O2. The molecule has 0 bridgehead atoms. The first kappa shape index (κ1) is 13.7. The second-order valence-corrected chi connectivity index (χ2v) is 4.96. The smallest absolute Gasteiger partial charge is 0.237 e. The number of hydrogen-bond acceptors (Lipinski definition) is 2. The number of rotatable bonds is 4. The zero-order valence-corrected chi connectivity index (χ0v) is 11.4. The minimum Gasteiger partial charge on any atom is -0.326 e. The quantitative estimate of drug-likeness (QED) is 0.840. The van der Waals surface area contributed by atoms with Crippen molar-refractivity contribution in [2.75, 3.05) is 10.6 Å². The summed E-state index contributed by atoms with van der Waals surface area (Å²) in [6.07, 6.45) is 0.426. The Balaban J connectivity index is 2.72. The lowest BCUT2D eigenvalue weighted by Gasteiger charge is -2.09. The third kappa shape index (κ3) is 4.56. The fourth-order valence-corrected chi connectivity index (χ4v) is 1.28. The lowest BCUT2D eigenvalue weighted by atomic mass is 10.2. The van der Waals surface area contributed by atoms with Crippen molar-refractivity contribution >= 4 is 39.1 Å². The molecule has 2 amide bonds. The standard InChI is InChI=1S/C12H15BrN2O2/c1-3-11(16)14-9-5-4-6-10(7-9)15-12(17)8(2)13/h4-8H,3H2,1-2H3,(H,14,16)(H,15,17). The topological polar surface area (TPSA) is 58.2 Å². The molecular weight excluding hydrogens is 284 g/mol. The second-order valence-electron chi connectivity index (χ2n) is 3.59. The summed E-state index contributed by atoms with van der Waals surface area (Å²) in [5.41, 5.74) is 1.34. The maximum atomic E-state index is 11.5. The van der Waals surface area contributed by atoms with Crippen LogP contribution in [0.2, 0.25) is 0 Å². The first-order chi connectivity index (χ1) is 8.02. The predicted octanol–water partition coefficient (Wildman–Crippen LogP) is 2.76. The molecule has 1 rings (SSSR count). The van der Waals surface area contributed by atoms with Crippen LogP contribution in [0.5, 0.6) is 0 Å². The summed E-state index contributed by atoms with van der Waals surface area (Å²) in [5.74, 6) is -0.175. The minimum atomic E-state index is -0.253. The van der Waals surface area contributed by atoms with E-state index in [0.29, 0.717) is 17.8 Å². The molecule has 0 aliphatic rings. The van der Waals surface area contributed by atoms with E-state index in [1.807, 2.05) is 0 Å². The molecule has 5 heteroatoms. The van der Waals surface area contributed by atoms with Crippen LogP contribution in [0.25, 0.3) is 0 Å². The van der Waals surface area contributed by atoms with Crippen LogP contribution in [-0.4, -0.2) is 16.6 Å². The number of hydrogen-bond donors (Lipinski definition) is 2. The number of carbonyl (C=O) groups is 2. The van der Waals surface area contributed by atoms with Crippen LogP contribution in [0.15, 0.2) is 24.3 Å². The van der Waals surface area contributed by atoms with E-state index in [2.05, 4.69) is 26.6 Å². The molecule has 0 aromatic heterocycles. The Kier molecular flexibility index (Phi) is 5.15. The molecule has 1 unspecified atom stereocenters. The fourth-order valence-electron chi connectivity index (χ4n) is 1.17. The highest BCUT2D eigenvalue weighted by Crippen LogP contribution is 2.16. The van der Waals surface area contributed by atoms with Gasteiger partial charge in [-0.3, -0.25) is 9.59 Å². The Morgan fingerprint density at radius 1 is 1.29 bits per heavy atom. The molecule has 0 saturated heterocycles. The summed E-state index contributed by atoms with van der Waals surface area (Å²) in [6.45, 7) is 3.53. The van der Waals surface area contributed by atoms with Crippen molar-refractivity contribution in [3.8, 4) is 0 Å². The van der Waals surface area contributed by atoms with Crippen LogP contribution in [0, 0.1) is 0 Å². The van der Waals surface area contributed by atoms with E-state index in [4.69, 9.17) is 0 Å². The molecule has 0 radical (unpaired) electrons. The largest absolute Gasteiger partial charge is 0.326 e. The average Bonchev–Trinajstić information content (AvgIpc) is 2.29. The number of alkyl halides is 1. The number of anilines is 2. The van der Waals surface area contributed by atoms with Crippen molar-refractivity contribution < 1.29 is 9.59 Å². The van der Waals surface area contributed by atoms with Crippen molar-refractivity contribution in [1.29, 1.82) is 0 Å². The van der Waals surface area contributed by atoms with Gasteiger partial charge >= 0.3 is 0 Å². The van der Waals surface area contributed by atoms with E-state index in [-0.39, 0.29) is 16.6 Å². The van der Waals surface area contributed by atoms with Crippen LogP contribution in [-0.2, 0) is 9.59 Å². The van der Waals surface area contributed by atoms with Crippen LogP contribution in [0.3, 0.4) is 0 Å². The van der Waals surface area contributed by atoms with Gasteiger partial charge in [0.15, 0.2) is 0 Å². The first-order valence-electron chi connectivity index (χ1n) is 5.37. The van der Waals surface area contributed by atoms with E-state index in [9.17, 15) is 9.59 Å². The average molecular weight is 299 g/mol. The van der Waals surface area contributed by atoms with Crippen LogP contribution >= 0.6 is 15.9 Å². The van der Waals surface area contributed by atoms with Gasteiger partial charge < -0.3 is 10.6 Å². The normalized spacial score (nSPS) is 11.7. The lowest BCUT2D eigenvalue weighted by Crippen LogP contribution is -2.20. The zero-order valence-electron chi connectivity index (χ0n) is 9.79. The molecule has 1 atom stereocenters. The van der Waals surface area contributed by atoms with E-state index in [1.54, 1.807) is 38.1 Å². The highest BCUT2D eigenvalue weighted by Gasteiger charge is 2.08. The van der Waals surface area contributed by atoms with E-state index in [0.717, 1.165) is 0 Å². The van der Waals surface area contributed by atoms with E-state index >= 15 is 0 Å². The Hall–Kier alpha value is -1.36. The van der Waals surface area contributed by atoms with Gasteiger partial charge in [0, 0.05) is 17.8 Å². The molecule has 0 spiro atoms. The van der Waals surface area contributed by atoms with Crippen LogP contribution in [0.4, 0.5) is 11.4 Å². The summed E-state index contributed by atoms with van der Waals surface area (Å²) in [4.78, 5) is 22.4. The molecule has 17 heavy (non-hydrogen) atoms. The third-order valence-electron chi connectivity index (χ3n) is 2.10. The lowest BCUT2D eigenvalue weighted by molar-refractivity contribution is -0.116. The fraction of sp³-hybridized carbons (Fsp3) is 0.333. The van der Waals surface area contributed by atoms with Crippen LogP contribution in [0.1, 0.15) is 20.3 Å². The summed E-state index contributed by atoms with van der Waals surface area (Å²) >= 11 is 3.19. The van der Waals surface area contributed by atoms with Gasteiger partial charge in [-0.2, -0.15) is 0 Å². The third-order valence-corrected chi connectivity index (χ3v) is 2.51. The van der Waals surface area contributed by atoms with Gasteiger partial charge in [-0.25, -0.2) is 0 Å². The number of benzene rings is 1. The highest BCUT2D eigenvalue weighted by molar-refractivity contribution is 9.10. The van der Waals surface area contributed by atoms with E-state index in [1.165, 1.54) is 0 Å². The van der Waals surface area contributed by atoms with Gasteiger partial charge in [0.25, 0.3) is 0 Å². The molecule has 0 aliphatic heterocycles. The Bertz CT molecular complexity index is 419. The Morgan fingerprint density at radius 3 is 2.41 bits per heavy atom. The maximum Gasteiger partial charge on any atom is 0.237 e. The molecule has 0 saturated carbocycles. The maximum absolute atomic E-state index is 11.5. The molecule has 0 fully saturated rings. The molecule has 2 N–H and O–H groups in total. The van der Waals surface area contributed by atoms with Crippen molar-refractivity contribution in [2.24, 2.45) is 0 Å². The summed E-state index contributed by atoms with van der Waals surface area (Å²) in [5, 5.41) is 5.47. The molecule has 1 aromatic carbocycles. The number of carbonyl (C=O) groups excluding carboxylic acids is 2. The highest BCUT2D eigenvalue weighted by atomic mass is 79.9. The predicted molar refractivity (Wildman–Crippen MR) is 72.4 cm³/mol. The molecule has 4 nitrogen and oxygen atoms in total. The molecule has 0 heterocycles. The monoisotopic (exact) mass is 298 g/mol. The number of halogens is 1. The zero-order chi connectivity index (χ0) is 12.8. The SMILES string of the molecule is CCC(=O)Nc1cccc(NC(=O)C(C)Br)c1. The van der Waals surface area contributed by atoms with Gasteiger partial charge in [-0.15, -0.1) is 0 Å². The van der Waals surface area contributed by atoms with Gasteiger partial charge in [0.1, 0.15) is 0 Å². The van der Waals surface area contributed by atoms with Gasteiger partial charge in [-0.1, -0.05) is 28.9 Å². The number of nitrogens with one attached hydrogen (secondary N) is 2. The Morgan fingerprint density at radius 2 is 1.88 bits per heavy atom. The van der Waals surface area contributed by atoms with Gasteiger partial charge in [0.05, 0.1) is 4.83 Å². The molecule has 0 aliphatic carbocycles. The first-order valence-corrected chi connectivity index (χ1v) is 6.29. The van der Waals surface area contributed by atoms with Crippen LogP contribution < -0.4 is 10.6 Å². The van der Waals surface area contributed by atoms with Gasteiger partial charge in [0.2, 0.25) is 11.8 Å². The van der Waals surface area contributed by atoms with Crippen molar-refractivity contribution in [1.82, 2.24) is 0 Å². The van der Waals surface area contributed by atoms with Crippen molar-refractivity contribution in [3.63, 3.8) is 0 Å². The molecule has 1 aromatic rings. The van der Waals surface area contributed by atoms with Crippen molar-refractivity contribution in [3.05, 3.63) is 24.3 Å². The number of amides is 2. The Labute approximate surface area is 109 Å². The summed E-state index contributed by atoms with van der Waals surface area (Å²) in [7, 11) is 0. The van der Waals surface area contributed by atoms with E-state index < -0.39 is 0 Å². The minimum absolute atomic E-state index is 0.0534. The summed E-state index contributed by atoms with van der Waals surface area (Å²) in [6, 6.07) is 7.05. The van der Waals surface area contributed by atoms with Crippen molar-refractivity contribution in [2.45, 2.75) is 25.1 Å². The van der Waals surface area contributed by atoms with Gasteiger partial charge in [-0.05, 0) is 25.1 Å². The summed E-state index contributed by atoms with van der Waals surface area (Å²) < 4.78 is 0.